The molecule has 0 saturated carbocycles. The van der Waals surface area contributed by atoms with Crippen molar-refractivity contribution >= 4 is 29.5 Å². The lowest BCUT2D eigenvalue weighted by atomic mass is 10.00. The van der Waals surface area contributed by atoms with Gasteiger partial charge < -0.3 is 31.3 Å². The number of carbonyl (C=O) groups excluding carboxylic acids is 5. The Morgan fingerprint density at radius 3 is 2.34 bits per heavy atom. The monoisotopic (exact) mass is 730 g/mol. The number of benzene rings is 2. The van der Waals surface area contributed by atoms with E-state index < -0.39 is 29.9 Å². The highest BCUT2D eigenvalue weighted by Crippen LogP contribution is 2.22. The number of amides is 5. The topological polar surface area (TPSA) is 185 Å². The first-order chi connectivity index (χ1) is 25.3. The first-order valence-corrected chi connectivity index (χ1v) is 18.4. The Bertz CT molecular complexity index is 1690. The zero-order valence-electron chi connectivity index (χ0n) is 31.6. The summed E-state index contributed by atoms with van der Waals surface area (Å²) >= 11 is 0. The number of hydrogen-bond donors (Lipinski definition) is 5. The highest BCUT2D eigenvalue weighted by Gasteiger charge is 2.32. The van der Waals surface area contributed by atoms with Crippen LogP contribution in [-0.2, 0) is 43.4 Å². The van der Waals surface area contributed by atoms with Gasteiger partial charge in [-0.25, -0.2) is 9.67 Å². The Balaban J connectivity index is 1.71. The van der Waals surface area contributed by atoms with Crippen LogP contribution in [0.4, 0.5) is 0 Å². The smallest absolute Gasteiger partial charge is 0.243 e. The van der Waals surface area contributed by atoms with Gasteiger partial charge >= 0.3 is 0 Å². The van der Waals surface area contributed by atoms with Gasteiger partial charge in [-0.3, -0.25) is 24.0 Å². The standard InChI is InChI=1S/C39H54N8O6/c1-24(2)19-30-23-53-31-16-14-29(15-17-31)21-32(43-34(49)13-10-18-40-27(6)48)38(51)44-33(20-28-11-8-7-9-12-28)39(52)45-36(25(3)4)37-41-26(5)46-47(37)22-35(50)42-30/h7-9,11-12,14-17,24-25,30,32-33,36H,10,13,18-23H2,1-6H3,(H,40,48)(H,42,50)(H,43,49)(H,44,51)(H,45,52)/t30-,32-,33-,36-/m0/s1. The molecule has 0 aliphatic carbocycles. The number of carbonyl (C=O) groups is 5. The van der Waals surface area contributed by atoms with Crippen LogP contribution >= 0.6 is 0 Å². The van der Waals surface area contributed by atoms with Crippen LogP contribution in [0, 0.1) is 18.8 Å². The van der Waals surface area contributed by atoms with E-state index >= 15 is 0 Å². The van der Waals surface area contributed by atoms with Crippen molar-refractivity contribution in [2.45, 2.75) is 104 Å². The summed E-state index contributed by atoms with van der Waals surface area (Å²) in [5.74, 6) is -0.220. The molecule has 286 valence electrons. The molecule has 2 aliphatic rings. The van der Waals surface area contributed by atoms with Crippen molar-refractivity contribution in [3.63, 3.8) is 0 Å². The Kier molecular flexibility index (Phi) is 14.9. The molecular weight excluding hydrogens is 676 g/mol. The fraction of sp³-hybridized carbons (Fsp3) is 0.513. The van der Waals surface area contributed by atoms with Gasteiger partial charge in [0.2, 0.25) is 29.5 Å². The molecule has 5 rings (SSSR count). The highest BCUT2D eigenvalue weighted by atomic mass is 16.5. The molecule has 4 atom stereocenters. The predicted octanol–water partition coefficient (Wildman–Crippen LogP) is 2.69. The molecule has 0 saturated heterocycles. The molecule has 3 aromatic rings. The summed E-state index contributed by atoms with van der Waals surface area (Å²) in [5, 5.41) is 19.2. The van der Waals surface area contributed by atoms with Crippen LogP contribution in [0.3, 0.4) is 0 Å². The molecule has 2 bridgehead atoms. The van der Waals surface area contributed by atoms with E-state index in [-0.39, 0.29) is 68.0 Å². The minimum Gasteiger partial charge on any atom is -0.491 e. The van der Waals surface area contributed by atoms with Crippen LogP contribution < -0.4 is 31.3 Å². The Morgan fingerprint density at radius 2 is 1.68 bits per heavy atom. The van der Waals surface area contributed by atoms with Gasteiger partial charge in [-0.2, -0.15) is 5.10 Å². The average molecular weight is 731 g/mol. The third kappa shape index (κ3) is 13.0. The normalized spacial score (nSPS) is 20.1. The SMILES string of the molecule is CC(=O)NCCCC(=O)N[C@H]1Cc2ccc(cc2)OC[C@H](CC(C)C)NC(=O)Cn2nc(C)nc2[C@H](C(C)C)NC(=O)[C@H](Cc2ccccc2)NC1=O. The zero-order valence-corrected chi connectivity index (χ0v) is 31.6. The van der Waals surface area contributed by atoms with Crippen molar-refractivity contribution in [3.8, 4) is 5.75 Å². The maximum absolute atomic E-state index is 14.2. The zero-order chi connectivity index (χ0) is 38.5. The van der Waals surface area contributed by atoms with Crippen LogP contribution in [0.5, 0.6) is 5.75 Å². The van der Waals surface area contributed by atoms with Crippen LogP contribution in [0.15, 0.2) is 54.6 Å². The Hall–Kier alpha value is -5.27. The van der Waals surface area contributed by atoms with Gasteiger partial charge in [0.1, 0.15) is 36.8 Å². The summed E-state index contributed by atoms with van der Waals surface area (Å²) in [5.41, 5.74) is 1.58. The fourth-order valence-electron chi connectivity index (χ4n) is 6.22. The second-order valence-electron chi connectivity index (χ2n) is 14.4. The molecule has 2 aliphatic heterocycles. The summed E-state index contributed by atoms with van der Waals surface area (Å²) in [7, 11) is 0. The lowest BCUT2D eigenvalue weighted by Crippen LogP contribution is -2.55. The van der Waals surface area contributed by atoms with Crippen LogP contribution in [0.25, 0.3) is 0 Å². The average Bonchev–Trinajstić information content (AvgIpc) is 3.46. The molecule has 3 heterocycles. The molecule has 0 unspecified atom stereocenters. The first-order valence-electron chi connectivity index (χ1n) is 18.4. The Labute approximate surface area is 311 Å². The third-order valence-corrected chi connectivity index (χ3v) is 8.80. The molecule has 53 heavy (non-hydrogen) atoms. The largest absolute Gasteiger partial charge is 0.491 e. The molecule has 5 N–H and O–H groups in total. The summed E-state index contributed by atoms with van der Waals surface area (Å²) in [6.45, 7) is 11.6. The minimum atomic E-state index is -1.02. The summed E-state index contributed by atoms with van der Waals surface area (Å²) in [4.78, 5) is 70.8. The number of aromatic nitrogens is 3. The summed E-state index contributed by atoms with van der Waals surface area (Å²) in [6, 6.07) is 13.6. The number of hydrogen-bond acceptors (Lipinski definition) is 8. The van der Waals surface area contributed by atoms with E-state index in [1.54, 1.807) is 19.1 Å². The molecule has 1 aromatic heterocycles. The van der Waals surface area contributed by atoms with Crippen molar-refractivity contribution in [1.82, 2.24) is 41.3 Å². The van der Waals surface area contributed by atoms with Gasteiger partial charge in [-0.15, -0.1) is 0 Å². The molecular formula is C39H54N8O6. The number of nitrogens with zero attached hydrogens (tertiary/aromatic N) is 3. The van der Waals surface area contributed by atoms with Crippen LogP contribution in [0.1, 0.15) is 82.7 Å². The molecule has 14 nitrogen and oxygen atoms in total. The van der Waals surface area contributed by atoms with Crippen molar-refractivity contribution < 1.29 is 28.7 Å². The van der Waals surface area contributed by atoms with E-state index in [0.29, 0.717) is 36.8 Å². The molecule has 2 aromatic carbocycles. The van der Waals surface area contributed by atoms with Gasteiger partial charge in [0.15, 0.2) is 5.82 Å². The molecule has 0 fully saturated rings. The van der Waals surface area contributed by atoms with E-state index in [1.165, 1.54) is 11.6 Å². The van der Waals surface area contributed by atoms with Gasteiger partial charge in [0.25, 0.3) is 0 Å². The second kappa shape index (κ2) is 19.5. The van der Waals surface area contributed by atoms with Gasteiger partial charge in [-0.1, -0.05) is 70.2 Å². The minimum absolute atomic E-state index is 0.0923. The quantitative estimate of drug-likeness (QED) is 0.197. The summed E-state index contributed by atoms with van der Waals surface area (Å²) in [6.07, 6.45) is 1.49. The lowest BCUT2D eigenvalue weighted by molar-refractivity contribution is -0.132. The first kappa shape index (κ1) is 40.5. The number of nitrogens with one attached hydrogen (secondary N) is 5. The van der Waals surface area contributed by atoms with Crippen molar-refractivity contribution in [1.29, 1.82) is 0 Å². The maximum Gasteiger partial charge on any atom is 0.243 e. The van der Waals surface area contributed by atoms with Crippen molar-refractivity contribution in [2.24, 2.45) is 11.8 Å². The summed E-state index contributed by atoms with van der Waals surface area (Å²) < 4.78 is 7.63. The number of ether oxygens (including phenoxy) is 1. The van der Waals surface area contributed by atoms with E-state index in [4.69, 9.17) is 4.74 Å². The predicted molar refractivity (Wildman–Crippen MR) is 199 cm³/mol. The van der Waals surface area contributed by atoms with Crippen molar-refractivity contribution in [3.05, 3.63) is 77.4 Å². The van der Waals surface area contributed by atoms with Gasteiger partial charge in [0, 0.05) is 32.7 Å². The second-order valence-corrected chi connectivity index (χ2v) is 14.4. The molecule has 5 amide bonds. The number of aryl methyl sites for hydroxylation is 1. The fourth-order valence-corrected chi connectivity index (χ4v) is 6.22. The lowest BCUT2D eigenvalue weighted by Gasteiger charge is -2.27. The van der Waals surface area contributed by atoms with E-state index in [2.05, 4.69) is 50.5 Å². The van der Waals surface area contributed by atoms with E-state index in [1.807, 2.05) is 56.3 Å². The highest BCUT2D eigenvalue weighted by molar-refractivity contribution is 5.92. The molecule has 14 heteroatoms. The van der Waals surface area contributed by atoms with E-state index in [9.17, 15) is 24.0 Å². The Morgan fingerprint density at radius 1 is 0.962 bits per heavy atom. The van der Waals surface area contributed by atoms with Gasteiger partial charge in [0.05, 0.1) is 12.1 Å². The number of rotatable bonds is 10. The third-order valence-electron chi connectivity index (χ3n) is 8.80. The molecule has 0 spiro atoms. The van der Waals surface area contributed by atoms with Crippen LogP contribution in [0.2, 0.25) is 0 Å². The number of fused-ring (bicyclic) bond motifs is 14. The van der Waals surface area contributed by atoms with E-state index in [0.717, 1.165) is 11.1 Å². The van der Waals surface area contributed by atoms with Crippen LogP contribution in [-0.4, -0.2) is 75.6 Å². The maximum atomic E-state index is 14.2. The molecule has 0 radical (unpaired) electrons. The van der Waals surface area contributed by atoms with Gasteiger partial charge in [-0.05, 0) is 54.9 Å². The van der Waals surface area contributed by atoms with Crippen molar-refractivity contribution in [2.75, 3.05) is 13.2 Å².